The molecule has 0 saturated heterocycles. The van der Waals surface area contributed by atoms with Gasteiger partial charge in [-0.2, -0.15) is 0 Å². The van der Waals surface area contributed by atoms with Crippen molar-refractivity contribution in [2.75, 3.05) is 19.8 Å². The predicted molar refractivity (Wildman–Crippen MR) is 193 cm³/mol. The zero-order valence-electron chi connectivity index (χ0n) is 28.6. The summed E-state index contributed by atoms with van der Waals surface area (Å²) in [5.74, 6) is -1.17. The Hall–Kier alpha value is -5.61. The third-order valence-electron chi connectivity index (χ3n) is 8.21. The van der Waals surface area contributed by atoms with Crippen molar-refractivity contribution in [3.8, 4) is 23.7 Å². The maximum absolute atomic E-state index is 12.6. The van der Waals surface area contributed by atoms with Crippen LogP contribution in [-0.2, 0) is 42.2 Å². The Kier molecular flexibility index (Phi) is 12.0. The molecule has 6 rings (SSSR count). The molecule has 10 nitrogen and oxygen atoms in total. The summed E-state index contributed by atoms with van der Waals surface area (Å²) < 4.78 is 64.7. The fraction of sp³-hybridized carbons (Fsp3) is 0.175. The van der Waals surface area contributed by atoms with Crippen molar-refractivity contribution in [2.45, 2.75) is 36.7 Å². The second-order valence-corrected chi connectivity index (χ2v) is 15.4. The fourth-order valence-corrected chi connectivity index (χ4v) is 8.54. The minimum atomic E-state index is -3.90. The minimum Gasteiger partial charge on any atom is -0.871 e. The number of carbonyl (C=O) groups is 1. The molecule has 0 unspecified atom stereocenters. The largest absolute Gasteiger partial charge is 0.871 e. The van der Waals surface area contributed by atoms with Gasteiger partial charge in [-0.3, -0.25) is 4.79 Å². The van der Waals surface area contributed by atoms with Crippen LogP contribution in [0.3, 0.4) is 0 Å². The molecule has 4 heterocycles. The third-order valence-corrected chi connectivity index (χ3v) is 11.9. The number of hydrogen-bond donors (Lipinski definition) is 0. The van der Waals surface area contributed by atoms with Crippen molar-refractivity contribution in [2.24, 2.45) is 0 Å². The van der Waals surface area contributed by atoms with Crippen molar-refractivity contribution < 1.29 is 45.3 Å². The van der Waals surface area contributed by atoms with Gasteiger partial charge in [-0.05, 0) is 60.9 Å². The highest BCUT2D eigenvalue weighted by Crippen LogP contribution is 2.37. The molecule has 2 aliphatic rings. The lowest BCUT2D eigenvalue weighted by Crippen LogP contribution is -2.35. The highest BCUT2D eigenvalue weighted by atomic mass is 32.2. The number of rotatable bonds is 11. The van der Waals surface area contributed by atoms with Gasteiger partial charge in [-0.1, -0.05) is 60.2 Å². The van der Waals surface area contributed by atoms with E-state index in [1.54, 1.807) is 31.2 Å². The highest BCUT2D eigenvalue weighted by Gasteiger charge is 2.38. The smallest absolute Gasteiger partial charge is 0.211 e. The van der Waals surface area contributed by atoms with Gasteiger partial charge in [0.15, 0.2) is 44.5 Å². The van der Waals surface area contributed by atoms with E-state index in [1.165, 1.54) is 59.7 Å². The van der Waals surface area contributed by atoms with Crippen LogP contribution in [0.25, 0.3) is 16.9 Å². The number of nitrogens with zero attached hydrogens (tertiary/aromatic N) is 2. The quantitative estimate of drug-likeness (QED) is 0.0738. The van der Waals surface area contributed by atoms with Gasteiger partial charge < -0.3 is 14.6 Å². The molecule has 0 saturated carbocycles. The molecule has 266 valence electrons. The number of allylic oxidation sites excluding steroid dienone is 6. The van der Waals surface area contributed by atoms with Crippen LogP contribution in [0.2, 0.25) is 0 Å². The standard InChI is InChI=1S/C22H16O6S2.C18H22N2O2/c1-14(10-12-19-21(23)15-6-2-4-8-17(15)29(19,25)26)11-13-20-22(24)16-7-3-5-9-18(16)30(20,27)28;1-3-21-15-13-19-9-5-17(6-10-19)18-7-11-20(12-8-18)14-16-22-4-2/h2-13,23H,1H3;1,5-12H,4,13-16H2,2H3/q;+2/p-1. The van der Waals surface area contributed by atoms with E-state index >= 15 is 0 Å². The van der Waals surface area contributed by atoms with Crippen LogP contribution in [0.15, 0.2) is 147 Å². The molecule has 12 heteroatoms. The summed E-state index contributed by atoms with van der Waals surface area (Å²) >= 11 is 0. The number of ketones is 1. The van der Waals surface area contributed by atoms with Crippen LogP contribution in [-0.4, -0.2) is 42.4 Å². The molecule has 0 atom stereocenters. The lowest BCUT2D eigenvalue weighted by Gasteiger charge is -2.07. The number of carbonyl (C=O) groups excluding carboxylic acids is 1. The highest BCUT2D eigenvalue weighted by molar-refractivity contribution is 7.97. The van der Waals surface area contributed by atoms with Gasteiger partial charge in [0.05, 0.1) is 14.7 Å². The Morgan fingerprint density at radius 3 is 1.88 bits per heavy atom. The van der Waals surface area contributed by atoms with E-state index in [2.05, 4.69) is 47.3 Å². The summed E-state index contributed by atoms with van der Waals surface area (Å²) in [7, 11) is -7.80. The molecular formula is C40H37N2O8S2+. The number of sulfone groups is 2. The molecule has 2 aromatic heterocycles. The normalized spacial score (nSPS) is 16.3. The van der Waals surface area contributed by atoms with Gasteiger partial charge in [-0.15, -0.1) is 0 Å². The summed E-state index contributed by atoms with van der Waals surface area (Å²) in [6, 6.07) is 20.4. The molecule has 0 bridgehead atoms. The summed E-state index contributed by atoms with van der Waals surface area (Å²) in [5.41, 5.74) is 3.10. The van der Waals surface area contributed by atoms with Crippen LogP contribution in [0.4, 0.5) is 0 Å². The Morgan fingerprint density at radius 1 is 0.808 bits per heavy atom. The van der Waals surface area contributed by atoms with Crippen molar-refractivity contribution in [1.82, 2.24) is 0 Å². The van der Waals surface area contributed by atoms with Crippen molar-refractivity contribution >= 4 is 31.2 Å². The van der Waals surface area contributed by atoms with Gasteiger partial charge in [0.1, 0.15) is 17.6 Å². The lowest BCUT2D eigenvalue weighted by atomic mass is 10.1. The minimum absolute atomic E-state index is 0.0289. The average molecular weight is 738 g/mol. The Morgan fingerprint density at radius 2 is 1.35 bits per heavy atom. The van der Waals surface area contributed by atoms with Crippen molar-refractivity contribution in [3.63, 3.8) is 0 Å². The van der Waals surface area contributed by atoms with Gasteiger partial charge in [0, 0.05) is 36.4 Å². The predicted octanol–water partition coefficient (Wildman–Crippen LogP) is 4.13. The molecule has 0 amide bonds. The lowest BCUT2D eigenvalue weighted by molar-refractivity contribution is -0.698. The number of ether oxygens (including phenoxy) is 2. The second kappa shape index (κ2) is 16.6. The molecule has 0 spiro atoms. The topological polar surface area (TPSA) is 135 Å². The first-order valence-electron chi connectivity index (χ1n) is 16.3. The Labute approximate surface area is 304 Å². The maximum atomic E-state index is 12.6. The fourth-order valence-electron chi connectivity index (χ4n) is 5.45. The molecule has 0 aliphatic carbocycles. The Balaban J connectivity index is 0.000000212. The molecule has 2 aromatic carbocycles. The van der Waals surface area contributed by atoms with Crippen LogP contribution >= 0.6 is 0 Å². The summed E-state index contributed by atoms with van der Waals surface area (Å²) in [5, 5.41) is 12.4. The van der Waals surface area contributed by atoms with Crippen LogP contribution in [0.1, 0.15) is 29.8 Å². The van der Waals surface area contributed by atoms with Gasteiger partial charge in [0.25, 0.3) is 0 Å². The first-order valence-corrected chi connectivity index (χ1v) is 19.3. The van der Waals surface area contributed by atoms with E-state index in [0.29, 0.717) is 12.2 Å². The summed E-state index contributed by atoms with van der Waals surface area (Å²) in [6.07, 6.45) is 20.6. The number of benzene rings is 2. The number of fused-ring (bicyclic) bond motifs is 2. The SMILES string of the molecule is C#COCC[n+]1ccc(-c2cc[n+](CCOCC)cc2)cc1.CC(C=CC1=C([O-])c2ccccc2S1(=O)=O)=CC=C1C(=O)c2ccccc2S1(=O)=O. The first kappa shape index (κ1) is 37.6. The van der Waals surface area contributed by atoms with Crippen LogP contribution < -0.4 is 14.2 Å². The zero-order valence-corrected chi connectivity index (χ0v) is 30.3. The van der Waals surface area contributed by atoms with E-state index in [-0.39, 0.29) is 30.7 Å². The number of Topliss-reactive ketones (excluding diaryl/α,β-unsaturated/α-hetero) is 1. The molecule has 52 heavy (non-hydrogen) atoms. The number of hydrogen-bond acceptors (Lipinski definition) is 8. The maximum Gasteiger partial charge on any atom is 0.211 e. The number of terminal acetylenes is 1. The number of pyridine rings is 2. The number of aromatic nitrogens is 2. The molecule has 0 N–H and O–H groups in total. The first-order chi connectivity index (χ1) is 25.0. The van der Waals surface area contributed by atoms with Crippen LogP contribution in [0, 0.1) is 12.5 Å². The second-order valence-electron chi connectivity index (χ2n) is 11.6. The van der Waals surface area contributed by atoms with Gasteiger partial charge in [-0.25, -0.2) is 26.0 Å². The van der Waals surface area contributed by atoms with E-state index in [9.17, 15) is 26.7 Å². The molecule has 2 aliphatic heterocycles. The van der Waals surface area contributed by atoms with E-state index in [4.69, 9.17) is 15.9 Å². The van der Waals surface area contributed by atoms with E-state index in [1.807, 2.05) is 23.9 Å². The molecule has 0 radical (unpaired) electrons. The van der Waals surface area contributed by atoms with E-state index < -0.39 is 31.2 Å². The monoisotopic (exact) mass is 737 g/mol. The zero-order chi connectivity index (χ0) is 37.3. The Bertz CT molecular complexity index is 2350. The molecule has 4 aromatic rings. The van der Waals surface area contributed by atoms with Gasteiger partial charge >= 0.3 is 0 Å². The van der Waals surface area contributed by atoms with Crippen molar-refractivity contribution in [1.29, 1.82) is 0 Å². The average Bonchev–Trinajstić information content (AvgIpc) is 3.47. The third kappa shape index (κ3) is 8.29. The molecule has 0 fully saturated rings. The van der Waals surface area contributed by atoms with E-state index in [0.717, 1.165) is 26.3 Å². The van der Waals surface area contributed by atoms with Gasteiger partial charge in [0.2, 0.25) is 25.5 Å². The molecular weight excluding hydrogens is 701 g/mol. The van der Waals surface area contributed by atoms with Crippen molar-refractivity contribution in [3.05, 3.63) is 148 Å². The summed E-state index contributed by atoms with van der Waals surface area (Å²) in [4.78, 5) is 11.7. The summed E-state index contributed by atoms with van der Waals surface area (Å²) in [6.45, 7) is 7.25. The van der Waals surface area contributed by atoms with Crippen LogP contribution in [0.5, 0.6) is 0 Å².